The number of piperidine rings is 1. The van der Waals surface area contributed by atoms with Crippen LogP contribution >= 0.6 is 0 Å². The van der Waals surface area contributed by atoms with Gasteiger partial charge >= 0.3 is 0 Å². The van der Waals surface area contributed by atoms with Crippen molar-refractivity contribution in [1.82, 2.24) is 4.90 Å². The maximum absolute atomic E-state index is 12.1. The van der Waals surface area contributed by atoms with Crippen molar-refractivity contribution in [3.05, 3.63) is 107 Å². The molecule has 1 fully saturated rings. The van der Waals surface area contributed by atoms with E-state index < -0.39 is 5.60 Å². The first-order chi connectivity index (χ1) is 17.5. The summed E-state index contributed by atoms with van der Waals surface area (Å²) in [5.74, 6) is 0.725. The first kappa shape index (κ1) is 26.6. The number of benzene rings is 3. The molecule has 1 atom stereocenters. The second kappa shape index (κ2) is 12.7. The van der Waals surface area contributed by atoms with E-state index in [2.05, 4.69) is 67.3 Å². The van der Waals surface area contributed by atoms with Gasteiger partial charge in [0.25, 0.3) is 0 Å². The van der Waals surface area contributed by atoms with Crippen LogP contribution in [-0.2, 0) is 5.60 Å². The molecule has 0 spiro atoms. The summed E-state index contributed by atoms with van der Waals surface area (Å²) >= 11 is 0. The van der Waals surface area contributed by atoms with E-state index in [1.807, 2.05) is 36.4 Å². The molecule has 0 saturated carbocycles. The second-order valence-corrected chi connectivity index (χ2v) is 10.8. The zero-order valence-electron chi connectivity index (χ0n) is 22.0. The fourth-order valence-electron chi connectivity index (χ4n) is 5.72. The van der Waals surface area contributed by atoms with E-state index in [-0.39, 0.29) is 12.0 Å². The Hall–Kier alpha value is -2.46. The highest BCUT2D eigenvalue weighted by atomic mass is 16.3. The number of aliphatic hydroxyl groups excluding tert-OH is 1. The van der Waals surface area contributed by atoms with Crippen LogP contribution in [0.25, 0.3) is 0 Å². The summed E-state index contributed by atoms with van der Waals surface area (Å²) in [6, 6.07) is 28.8. The second-order valence-electron chi connectivity index (χ2n) is 10.8. The van der Waals surface area contributed by atoms with E-state index in [0.717, 1.165) is 74.8 Å². The van der Waals surface area contributed by atoms with Crippen LogP contribution < -0.4 is 0 Å². The topological polar surface area (TPSA) is 43.7 Å². The minimum Gasteiger partial charge on any atom is -0.388 e. The average molecular weight is 486 g/mol. The summed E-state index contributed by atoms with van der Waals surface area (Å²) in [5, 5.41) is 22.6. The highest BCUT2D eigenvalue weighted by molar-refractivity contribution is 5.37. The molecule has 3 aromatic rings. The predicted octanol–water partition coefficient (Wildman–Crippen LogP) is 7.05. The zero-order valence-corrected chi connectivity index (χ0v) is 22.0. The Morgan fingerprint density at radius 1 is 0.750 bits per heavy atom. The Morgan fingerprint density at radius 3 is 1.81 bits per heavy atom. The molecular weight excluding hydrogens is 442 g/mol. The van der Waals surface area contributed by atoms with Crippen LogP contribution in [0, 0.1) is 5.92 Å². The summed E-state index contributed by atoms with van der Waals surface area (Å²) in [6.45, 7) is 7.54. The van der Waals surface area contributed by atoms with Gasteiger partial charge in [0.2, 0.25) is 0 Å². The molecule has 0 aromatic heterocycles. The molecule has 0 aliphatic carbocycles. The van der Waals surface area contributed by atoms with Crippen LogP contribution in [0.15, 0.2) is 84.9 Å². The fourth-order valence-corrected chi connectivity index (χ4v) is 5.72. The lowest BCUT2D eigenvalue weighted by atomic mass is 9.72. The number of nitrogens with zero attached hydrogens (tertiary/aromatic N) is 1. The van der Waals surface area contributed by atoms with E-state index in [1.54, 1.807) is 0 Å². The quantitative estimate of drug-likeness (QED) is 0.286. The normalized spacial score (nSPS) is 16.4. The highest BCUT2D eigenvalue weighted by Gasteiger charge is 2.41. The molecular formula is C33H43NO2. The van der Waals surface area contributed by atoms with Crippen LogP contribution in [0.3, 0.4) is 0 Å². The van der Waals surface area contributed by atoms with Crippen molar-refractivity contribution < 1.29 is 10.2 Å². The SMILES string of the molecule is CC(C)c1ccc(C(O)CCCCCN2CCC(C(O)(c3ccccc3)c3ccccc3)CC2)cc1. The van der Waals surface area contributed by atoms with E-state index in [4.69, 9.17) is 0 Å². The van der Waals surface area contributed by atoms with Gasteiger partial charge in [-0.1, -0.05) is 112 Å². The molecule has 1 aliphatic rings. The molecule has 1 heterocycles. The van der Waals surface area contributed by atoms with Crippen molar-refractivity contribution in [3.63, 3.8) is 0 Å². The van der Waals surface area contributed by atoms with Gasteiger partial charge in [-0.25, -0.2) is 0 Å². The number of unbranched alkanes of at least 4 members (excludes halogenated alkanes) is 2. The minimum absolute atomic E-state index is 0.204. The molecule has 192 valence electrons. The van der Waals surface area contributed by atoms with Gasteiger partial charge in [-0.05, 0) is 79.4 Å². The lowest BCUT2D eigenvalue weighted by Gasteiger charge is -2.42. The Labute approximate surface area is 217 Å². The molecule has 3 nitrogen and oxygen atoms in total. The van der Waals surface area contributed by atoms with Crippen LogP contribution in [0.4, 0.5) is 0 Å². The third kappa shape index (κ3) is 6.45. The van der Waals surface area contributed by atoms with Crippen molar-refractivity contribution in [2.75, 3.05) is 19.6 Å². The number of hydrogen-bond donors (Lipinski definition) is 2. The highest BCUT2D eigenvalue weighted by Crippen LogP contribution is 2.41. The summed E-state index contributed by atoms with van der Waals surface area (Å²) in [5.41, 5.74) is 3.39. The molecule has 2 N–H and O–H groups in total. The Bertz CT molecular complexity index is 985. The number of aliphatic hydroxyl groups is 2. The summed E-state index contributed by atoms with van der Waals surface area (Å²) in [7, 11) is 0. The summed E-state index contributed by atoms with van der Waals surface area (Å²) in [4.78, 5) is 2.55. The van der Waals surface area contributed by atoms with Crippen LogP contribution in [0.5, 0.6) is 0 Å². The Kier molecular flexibility index (Phi) is 9.36. The molecule has 4 rings (SSSR count). The van der Waals surface area contributed by atoms with Crippen molar-refractivity contribution in [1.29, 1.82) is 0 Å². The lowest BCUT2D eigenvalue weighted by molar-refractivity contribution is -0.0143. The smallest absolute Gasteiger partial charge is 0.117 e. The van der Waals surface area contributed by atoms with E-state index in [1.165, 1.54) is 5.56 Å². The monoisotopic (exact) mass is 485 g/mol. The van der Waals surface area contributed by atoms with Gasteiger partial charge in [0.05, 0.1) is 6.10 Å². The van der Waals surface area contributed by atoms with Gasteiger partial charge in [0.15, 0.2) is 0 Å². The third-order valence-electron chi connectivity index (χ3n) is 8.05. The molecule has 0 amide bonds. The van der Waals surface area contributed by atoms with E-state index in [0.29, 0.717) is 5.92 Å². The van der Waals surface area contributed by atoms with Crippen LogP contribution in [-0.4, -0.2) is 34.7 Å². The molecule has 1 aliphatic heterocycles. The molecule has 3 heteroatoms. The van der Waals surface area contributed by atoms with E-state index >= 15 is 0 Å². The van der Waals surface area contributed by atoms with Crippen molar-refractivity contribution in [2.45, 2.75) is 70.0 Å². The molecule has 1 saturated heterocycles. The largest absolute Gasteiger partial charge is 0.388 e. The average Bonchev–Trinajstić information content (AvgIpc) is 2.93. The Morgan fingerprint density at radius 2 is 1.28 bits per heavy atom. The third-order valence-corrected chi connectivity index (χ3v) is 8.05. The fraction of sp³-hybridized carbons (Fsp3) is 0.455. The van der Waals surface area contributed by atoms with Crippen LogP contribution in [0.2, 0.25) is 0 Å². The molecule has 1 unspecified atom stereocenters. The number of likely N-dealkylation sites (tertiary alicyclic amines) is 1. The zero-order chi connectivity index (χ0) is 25.4. The van der Waals surface area contributed by atoms with Crippen LogP contribution in [0.1, 0.15) is 86.6 Å². The maximum Gasteiger partial charge on any atom is 0.117 e. The van der Waals surface area contributed by atoms with Gasteiger partial charge in [-0.3, -0.25) is 0 Å². The summed E-state index contributed by atoms with van der Waals surface area (Å²) in [6.07, 6.45) is 5.78. The van der Waals surface area contributed by atoms with Gasteiger partial charge < -0.3 is 15.1 Å². The van der Waals surface area contributed by atoms with Crippen molar-refractivity contribution >= 4 is 0 Å². The van der Waals surface area contributed by atoms with Gasteiger partial charge in [-0.2, -0.15) is 0 Å². The van der Waals surface area contributed by atoms with E-state index in [9.17, 15) is 10.2 Å². The lowest BCUT2D eigenvalue weighted by Crippen LogP contribution is -2.44. The molecule has 36 heavy (non-hydrogen) atoms. The predicted molar refractivity (Wildman–Crippen MR) is 149 cm³/mol. The number of rotatable bonds is 11. The first-order valence-electron chi connectivity index (χ1n) is 13.8. The number of hydrogen-bond acceptors (Lipinski definition) is 3. The van der Waals surface area contributed by atoms with Gasteiger partial charge in [-0.15, -0.1) is 0 Å². The van der Waals surface area contributed by atoms with Gasteiger partial charge in [0.1, 0.15) is 5.60 Å². The standard InChI is InChI=1S/C33H43NO2/c1-26(2)27-17-19-28(20-18-27)32(35)16-10-5-11-23-34-24-21-31(22-25-34)33(36,29-12-6-3-7-13-29)30-14-8-4-9-15-30/h3-4,6-9,12-15,17-20,26,31-32,35-36H,5,10-11,16,21-25H2,1-2H3. The Balaban J connectivity index is 1.23. The van der Waals surface area contributed by atoms with Gasteiger partial charge in [0, 0.05) is 0 Å². The summed E-state index contributed by atoms with van der Waals surface area (Å²) < 4.78 is 0. The van der Waals surface area contributed by atoms with Crippen molar-refractivity contribution in [3.8, 4) is 0 Å². The molecule has 3 aromatic carbocycles. The van der Waals surface area contributed by atoms with Crippen molar-refractivity contribution in [2.24, 2.45) is 5.92 Å². The maximum atomic E-state index is 12.1. The molecule has 0 radical (unpaired) electrons. The minimum atomic E-state index is -0.946. The molecule has 0 bridgehead atoms. The first-order valence-corrected chi connectivity index (χ1v) is 13.8.